The number of hydrogen-bond acceptors (Lipinski definition) is 1. The normalized spacial score (nSPS) is 9.08. The number of nitrogens with two attached hydrogens (primary N) is 1. The second-order valence-electron chi connectivity index (χ2n) is 2.47. The van der Waals surface area contributed by atoms with E-state index in [9.17, 15) is 0 Å². The summed E-state index contributed by atoms with van der Waals surface area (Å²) in [5.41, 5.74) is 7.17. The first-order valence-corrected chi connectivity index (χ1v) is 5.34. The Bertz CT molecular complexity index is 352. The average Bonchev–Trinajstić information content (AvgIpc) is 2.11. The molecule has 0 aromatic heterocycles. The summed E-state index contributed by atoms with van der Waals surface area (Å²) in [4.78, 5) is 0. The van der Waals surface area contributed by atoms with Crippen molar-refractivity contribution in [3.8, 4) is 11.8 Å². The third-order valence-electron chi connectivity index (χ3n) is 1.46. The number of rotatable bonds is 1. The predicted octanol–water partition coefficient (Wildman–Crippen LogP) is 3.06. The van der Waals surface area contributed by atoms with Gasteiger partial charge < -0.3 is 5.73 Å². The van der Waals surface area contributed by atoms with Crippen molar-refractivity contribution in [2.24, 2.45) is 0 Å². The summed E-state index contributed by atoms with van der Waals surface area (Å²) in [6.07, 6.45) is 0.811. The molecule has 0 unspecified atom stereocenters. The van der Waals surface area contributed by atoms with E-state index in [0.717, 1.165) is 17.3 Å². The lowest BCUT2D eigenvalue weighted by molar-refractivity contribution is 1.32. The highest BCUT2D eigenvalue weighted by Gasteiger charge is 1.95. The number of nitrogen functional groups attached to an aromatic ring is 1. The van der Waals surface area contributed by atoms with Gasteiger partial charge in [0.25, 0.3) is 0 Å². The van der Waals surface area contributed by atoms with E-state index in [1.807, 2.05) is 0 Å². The van der Waals surface area contributed by atoms with E-state index in [4.69, 9.17) is 17.3 Å². The summed E-state index contributed by atoms with van der Waals surface area (Å²) in [5, 5.41) is 1.54. The molecule has 1 aromatic rings. The molecule has 0 aliphatic carbocycles. The molecule has 0 aliphatic heterocycles. The van der Waals surface area contributed by atoms with Crippen molar-refractivity contribution in [3.63, 3.8) is 0 Å². The fraction of sp³-hybridized carbons (Fsp3) is 0.200. The zero-order valence-corrected chi connectivity index (χ0v) is 9.32. The van der Waals surface area contributed by atoms with Gasteiger partial charge in [0.2, 0.25) is 0 Å². The monoisotopic (exact) mass is 257 g/mol. The van der Waals surface area contributed by atoms with E-state index in [1.165, 1.54) is 0 Å². The second-order valence-corrected chi connectivity index (χ2v) is 3.70. The van der Waals surface area contributed by atoms with Crippen molar-refractivity contribution in [2.45, 2.75) is 6.42 Å². The molecule has 1 nitrogen and oxygen atoms in total. The Morgan fingerprint density at radius 1 is 1.46 bits per heavy atom. The van der Waals surface area contributed by atoms with Crippen molar-refractivity contribution in [1.82, 2.24) is 0 Å². The molecule has 2 N–H and O–H groups in total. The van der Waals surface area contributed by atoms with Crippen molar-refractivity contribution in [2.75, 3.05) is 11.1 Å². The first kappa shape index (κ1) is 10.4. The zero-order valence-electron chi connectivity index (χ0n) is 6.98. The van der Waals surface area contributed by atoms with Gasteiger partial charge in [0, 0.05) is 28.0 Å². The Kier molecular flexibility index (Phi) is 4.14. The van der Waals surface area contributed by atoms with Gasteiger partial charge in [-0.05, 0) is 18.2 Å². The minimum absolute atomic E-state index is 0.664. The lowest BCUT2D eigenvalue weighted by atomic mass is 10.2. The smallest absolute Gasteiger partial charge is 0.0489 e. The molecule has 0 atom stereocenters. The van der Waals surface area contributed by atoms with Crippen LogP contribution in [0.4, 0.5) is 5.69 Å². The van der Waals surface area contributed by atoms with Crippen LogP contribution in [0.2, 0.25) is 5.02 Å². The van der Waals surface area contributed by atoms with Crippen LogP contribution in [0.25, 0.3) is 0 Å². The number of anilines is 1. The van der Waals surface area contributed by atoms with Gasteiger partial charge in [-0.3, -0.25) is 0 Å². The Morgan fingerprint density at radius 2 is 2.23 bits per heavy atom. The summed E-state index contributed by atoms with van der Waals surface area (Å²) < 4.78 is 0. The molecular formula is C10H9BrClN. The Hall–Kier alpha value is -0.650. The van der Waals surface area contributed by atoms with Crippen LogP contribution in [0.3, 0.4) is 0 Å². The molecule has 1 aromatic carbocycles. The minimum Gasteiger partial charge on any atom is -0.398 e. The van der Waals surface area contributed by atoms with E-state index in [2.05, 4.69) is 27.8 Å². The third kappa shape index (κ3) is 3.30. The van der Waals surface area contributed by atoms with Crippen LogP contribution in [-0.4, -0.2) is 5.33 Å². The summed E-state index contributed by atoms with van der Waals surface area (Å²) in [7, 11) is 0. The van der Waals surface area contributed by atoms with Gasteiger partial charge in [-0.2, -0.15) is 0 Å². The van der Waals surface area contributed by atoms with Crippen LogP contribution in [0.5, 0.6) is 0 Å². The quantitative estimate of drug-likeness (QED) is 0.468. The van der Waals surface area contributed by atoms with Gasteiger partial charge in [0.1, 0.15) is 0 Å². The molecule has 0 saturated carbocycles. The van der Waals surface area contributed by atoms with Crippen LogP contribution >= 0.6 is 27.5 Å². The van der Waals surface area contributed by atoms with Crippen LogP contribution in [0.1, 0.15) is 12.0 Å². The molecule has 0 aliphatic rings. The maximum atomic E-state index is 5.80. The zero-order chi connectivity index (χ0) is 9.68. The summed E-state index contributed by atoms with van der Waals surface area (Å²) in [6, 6.07) is 5.30. The summed E-state index contributed by atoms with van der Waals surface area (Å²) >= 11 is 9.09. The molecule has 0 bridgehead atoms. The van der Waals surface area contributed by atoms with Crippen LogP contribution in [0, 0.1) is 11.8 Å². The highest BCUT2D eigenvalue weighted by atomic mass is 79.9. The number of hydrogen-bond donors (Lipinski definition) is 1. The van der Waals surface area contributed by atoms with Crippen molar-refractivity contribution >= 4 is 33.2 Å². The number of benzene rings is 1. The summed E-state index contributed by atoms with van der Waals surface area (Å²) in [5.74, 6) is 5.95. The van der Waals surface area contributed by atoms with Gasteiger partial charge >= 0.3 is 0 Å². The van der Waals surface area contributed by atoms with E-state index < -0.39 is 0 Å². The first-order chi connectivity index (χ1) is 6.24. The molecular weight excluding hydrogens is 249 g/mol. The standard InChI is InChI=1S/C10H9BrClN/c11-6-2-1-3-8-7-9(12)4-5-10(8)13/h4-5,7H,2,6,13H2. The fourth-order valence-corrected chi connectivity index (χ4v) is 1.21. The maximum Gasteiger partial charge on any atom is 0.0489 e. The van der Waals surface area contributed by atoms with Gasteiger partial charge in [-0.15, -0.1) is 0 Å². The fourth-order valence-electron chi connectivity index (χ4n) is 0.842. The van der Waals surface area contributed by atoms with Gasteiger partial charge in [0.05, 0.1) is 0 Å². The molecule has 0 spiro atoms. The van der Waals surface area contributed by atoms with Crippen LogP contribution in [-0.2, 0) is 0 Å². The van der Waals surface area contributed by atoms with Gasteiger partial charge in [0.15, 0.2) is 0 Å². The van der Waals surface area contributed by atoms with Crippen molar-refractivity contribution in [3.05, 3.63) is 28.8 Å². The maximum absolute atomic E-state index is 5.80. The van der Waals surface area contributed by atoms with Gasteiger partial charge in [-0.1, -0.05) is 39.4 Å². The number of halogens is 2. The summed E-state index contributed by atoms with van der Waals surface area (Å²) in [6.45, 7) is 0. The van der Waals surface area contributed by atoms with Gasteiger partial charge in [-0.25, -0.2) is 0 Å². The first-order valence-electron chi connectivity index (χ1n) is 3.84. The molecule has 68 valence electrons. The highest BCUT2D eigenvalue weighted by Crippen LogP contribution is 2.16. The largest absolute Gasteiger partial charge is 0.398 e. The molecule has 3 heteroatoms. The Morgan fingerprint density at radius 3 is 2.92 bits per heavy atom. The second kappa shape index (κ2) is 5.16. The van der Waals surface area contributed by atoms with E-state index >= 15 is 0 Å². The Labute approximate surface area is 91.4 Å². The lowest BCUT2D eigenvalue weighted by Gasteiger charge is -1.97. The molecule has 0 fully saturated rings. The highest BCUT2D eigenvalue weighted by molar-refractivity contribution is 9.09. The lowest BCUT2D eigenvalue weighted by Crippen LogP contribution is -1.89. The molecule has 13 heavy (non-hydrogen) atoms. The molecule has 0 amide bonds. The Balaban J connectivity index is 2.89. The molecule has 0 heterocycles. The molecule has 0 radical (unpaired) electrons. The topological polar surface area (TPSA) is 26.0 Å². The van der Waals surface area contributed by atoms with Crippen molar-refractivity contribution in [1.29, 1.82) is 0 Å². The van der Waals surface area contributed by atoms with E-state index in [1.54, 1.807) is 18.2 Å². The van der Waals surface area contributed by atoms with E-state index in [-0.39, 0.29) is 0 Å². The molecule has 0 saturated heterocycles. The van der Waals surface area contributed by atoms with Crippen LogP contribution in [0.15, 0.2) is 18.2 Å². The van der Waals surface area contributed by atoms with Crippen LogP contribution < -0.4 is 5.73 Å². The molecule has 1 rings (SSSR count). The third-order valence-corrected chi connectivity index (χ3v) is 2.09. The van der Waals surface area contributed by atoms with E-state index in [0.29, 0.717) is 10.7 Å². The van der Waals surface area contributed by atoms with Crippen molar-refractivity contribution < 1.29 is 0 Å². The minimum atomic E-state index is 0.664. The average molecular weight is 259 g/mol. The number of alkyl halides is 1. The SMILES string of the molecule is Nc1ccc(Cl)cc1C#CCCBr. The predicted molar refractivity (Wildman–Crippen MR) is 61.2 cm³/mol.